The molecule has 0 aliphatic rings. The Morgan fingerprint density at radius 3 is 1.03 bits per heavy atom. The molecule has 0 spiro atoms. The highest BCUT2D eigenvalue weighted by molar-refractivity contribution is 7.28. The monoisotopic (exact) mass is 1520 g/mol. The van der Waals surface area contributed by atoms with Gasteiger partial charge >= 0.3 is 0 Å². The van der Waals surface area contributed by atoms with Crippen molar-refractivity contribution >= 4 is 144 Å². The first kappa shape index (κ1) is 79.3. The van der Waals surface area contributed by atoms with Crippen molar-refractivity contribution in [2.45, 2.75) is 351 Å². The molecule has 0 radical (unpaired) electrons. The number of hydrogen-bond acceptors (Lipinski definition) is 12. The van der Waals surface area contributed by atoms with E-state index in [0.717, 1.165) is 45.7 Å². The van der Waals surface area contributed by atoms with E-state index in [9.17, 15) is 0 Å². The zero-order valence-electron chi connectivity index (χ0n) is 64.2. The summed E-state index contributed by atoms with van der Waals surface area (Å²) in [6.07, 6.45) is 60.6. The van der Waals surface area contributed by atoms with Crippen LogP contribution in [-0.2, 0) is 38.5 Å². The highest BCUT2D eigenvalue weighted by Gasteiger charge is 2.28. The molecule has 3 aromatic carbocycles. The van der Waals surface area contributed by atoms with Crippen molar-refractivity contribution in [2.24, 2.45) is 0 Å². The summed E-state index contributed by atoms with van der Waals surface area (Å²) in [7, 11) is 0. The summed E-state index contributed by atoms with van der Waals surface area (Å²) in [5.74, 6) is 0. The Balaban J connectivity index is 1.04. The van der Waals surface area contributed by atoms with Gasteiger partial charge < -0.3 is 0 Å². The average Bonchev–Trinajstić information content (AvgIpc) is 1.54. The van der Waals surface area contributed by atoms with Crippen LogP contribution in [0.4, 0.5) is 0 Å². The van der Waals surface area contributed by atoms with E-state index in [1.54, 1.807) is 20.9 Å². The Hall–Kier alpha value is -3.72. The second-order valence-corrected chi connectivity index (χ2v) is 38.3. The minimum Gasteiger partial charge on any atom is -0.172 e. The van der Waals surface area contributed by atoms with E-state index < -0.39 is 0 Å². The van der Waals surface area contributed by atoms with Crippen LogP contribution in [0.1, 0.15) is 340 Å². The molecule has 0 atom stereocenters. The van der Waals surface area contributed by atoms with E-state index in [-0.39, 0.29) is 0 Å². The third kappa shape index (κ3) is 20.9. The number of hydrogen-bond donors (Lipinski definition) is 0. The summed E-state index contributed by atoms with van der Waals surface area (Å²) < 4.78 is 23.7. The van der Waals surface area contributed by atoms with Gasteiger partial charge in [0.05, 0.1) is 23.5 Å². The molecule has 8 heterocycles. The quantitative estimate of drug-likeness (QED) is 0.0357. The lowest BCUT2D eigenvalue weighted by Crippen LogP contribution is -1.91. The van der Waals surface area contributed by atoms with Crippen molar-refractivity contribution in [1.29, 1.82) is 0 Å². The van der Waals surface area contributed by atoms with Gasteiger partial charge in [0.25, 0.3) is 0 Å². The maximum atomic E-state index is 5.23. The first-order valence-corrected chi connectivity index (χ1v) is 47.9. The predicted octanol–water partition coefficient (Wildman–Crippen LogP) is 33.5. The SMILES string of the molecule is CCCCCCCCCCc1cc(-c2c3cc(-c4sc(-c5cc6c(cc(-c7cc(CCCCCC)c(C)s7)c7nsnc76)c6nsnc56)cc4CCCCCC)sc3c(-c3cc(CCCCCCCCCC)c(CCCCCCCCCC)s3)c3cc(C)sc23)sc1CCCCCCCCCC. The molecule has 0 saturated heterocycles. The minimum atomic E-state index is 0.988. The summed E-state index contributed by atoms with van der Waals surface area (Å²) >= 11 is 15.2. The lowest BCUT2D eigenvalue weighted by molar-refractivity contribution is 0.572. The second kappa shape index (κ2) is 42.1. The van der Waals surface area contributed by atoms with Gasteiger partial charge in [-0.3, -0.25) is 0 Å². The standard InChI is InChI=1S/C90H124N4S8/c1-9-15-21-27-31-35-39-45-50-66-57-79(97-75(66)53-47-41-37-33-29-23-17-11-3)82-73-55-63(7)95-89(73)83(80-58-67(51-46-40-36-32-28-22-16-10-2)76(98-80)54-48-42-38-34-30-24-18-12-4)74-62-81(100-90(74)82)88-68(52-44-26-20-14-6)59-78(99-88)72-61-70-69(85-87(72)94-102-92-85)60-71(86-84(70)91-101-93-86)77-56-65(64(8)96-77)49-43-25-19-13-5/h55-62H,9-54H2,1-8H3. The van der Waals surface area contributed by atoms with Crippen molar-refractivity contribution in [3.8, 4) is 51.5 Å². The van der Waals surface area contributed by atoms with E-state index in [1.165, 1.54) is 399 Å². The van der Waals surface area contributed by atoms with Gasteiger partial charge in [0.15, 0.2) is 0 Å². The Kier molecular flexibility index (Phi) is 32.8. The number of nitrogens with zero attached hydrogens (tertiary/aromatic N) is 4. The summed E-state index contributed by atoms with van der Waals surface area (Å²) in [6.45, 7) is 18.7. The van der Waals surface area contributed by atoms with Gasteiger partial charge in [-0.25, -0.2) is 0 Å². The van der Waals surface area contributed by atoms with Gasteiger partial charge in [-0.2, -0.15) is 17.5 Å². The lowest BCUT2D eigenvalue weighted by Gasteiger charge is -2.10. The summed E-state index contributed by atoms with van der Waals surface area (Å²) in [5, 5.41) is 5.23. The normalized spacial score (nSPS) is 12.2. The van der Waals surface area contributed by atoms with Crippen molar-refractivity contribution in [3.05, 3.63) is 90.3 Å². The van der Waals surface area contributed by atoms with E-state index in [0.29, 0.717) is 0 Å². The summed E-state index contributed by atoms with van der Waals surface area (Å²) in [4.78, 5) is 14.6. The molecule has 0 saturated carbocycles. The van der Waals surface area contributed by atoms with E-state index in [1.807, 2.05) is 22.7 Å². The smallest absolute Gasteiger partial charge is 0.114 e. The number of fused-ring (bicyclic) bond motifs is 7. The molecule has 0 N–H and O–H groups in total. The maximum absolute atomic E-state index is 5.23. The minimum absolute atomic E-state index is 0.988. The summed E-state index contributed by atoms with van der Waals surface area (Å²) in [6, 6.07) is 20.7. The van der Waals surface area contributed by atoms with Crippen molar-refractivity contribution in [2.75, 3.05) is 0 Å². The van der Waals surface area contributed by atoms with Crippen LogP contribution >= 0.6 is 91.5 Å². The summed E-state index contributed by atoms with van der Waals surface area (Å²) in [5.41, 5.74) is 15.6. The molecule has 0 unspecified atom stereocenters. The van der Waals surface area contributed by atoms with Crippen LogP contribution in [0, 0.1) is 13.8 Å². The van der Waals surface area contributed by atoms with Crippen LogP contribution in [0.25, 0.3) is 105 Å². The number of aryl methyl sites for hydroxylation is 8. The molecular formula is C90H124N4S8. The molecule has 8 aromatic heterocycles. The highest BCUT2D eigenvalue weighted by Crippen LogP contribution is 2.56. The molecule has 552 valence electrons. The topological polar surface area (TPSA) is 51.6 Å². The average molecular weight is 1520 g/mol. The van der Waals surface area contributed by atoms with Gasteiger partial charge in [-0.05, 0) is 162 Å². The molecule has 0 fully saturated rings. The van der Waals surface area contributed by atoms with E-state index >= 15 is 0 Å². The lowest BCUT2D eigenvalue weighted by atomic mass is 9.97. The number of thiophene rings is 6. The molecule has 4 nitrogen and oxygen atoms in total. The van der Waals surface area contributed by atoms with Crippen molar-refractivity contribution < 1.29 is 0 Å². The molecule has 11 rings (SSSR count). The van der Waals surface area contributed by atoms with Gasteiger partial charge in [0, 0.05) is 102 Å². The van der Waals surface area contributed by atoms with Crippen molar-refractivity contribution in [3.63, 3.8) is 0 Å². The fourth-order valence-corrected chi connectivity index (χ4v) is 24.7. The third-order valence-corrected chi connectivity index (χ3v) is 30.3. The zero-order chi connectivity index (χ0) is 70.8. The first-order valence-electron chi connectivity index (χ1n) is 41.6. The van der Waals surface area contributed by atoms with Gasteiger partial charge in [-0.1, -0.05) is 260 Å². The van der Waals surface area contributed by atoms with Gasteiger partial charge in [0.1, 0.15) is 22.1 Å². The Labute approximate surface area is 648 Å². The Morgan fingerprint density at radius 2 is 0.588 bits per heavy atom. The fourth-order valence-electron chi connectivity index (χ4n) is 16.0. The molecule has 0 amide bonds. The van der Waals surface area contributed by atoms with Crippen LogP contribution in [0.2, 0.25) is 0 Å². The predicted molar refractivity (Wildman–Crippen MR) is 466 cm³/mol. The van der Waals surface area contributed by atoms with Crippen LogP contribution in [-0.4, -0.2) is 17.5 Å². The maximum Gasteiger partial charge on any atom is 0.114 e. The van der Waals surface area contributed by atoms with E-state index in [4.69, 9.17) is 17.5 Å². The number of rotatable bonds is 51. The molecule has 102 heavy (non-hydrogen) atoms. The Morgan fingerprint density at radius 1 is 0.255 bits per heavy atom. The largest absolute Gasteiger partial charge is 0.172 e. The van der Waals surface area contributed by atoms with Crippen LogP contribution < -0.4 is 0 Å². The van der Waals surface area contributed by atoms with Gasteiger partial charge in [0.2, 0.25) is 0 Å². The van der Waals surface area contributed by atoms with Gasteiger partial charge in [-0.15, -0.1) is 68.0 Å². The molecule has 11 aromatic rings. The fraction of sp³-hybridized carbons (Fsp3) is 0.600. The van der Waals surface area contributed by atoms with E-state index in [2.05, 4.69) is 149 Å². The zero-order valence-corrected chi connectivity index (χ0v) is 70.7. The highest BCUT2D eigenvalue weighted by atomic mass is 32.1. The number of benzene rings is 3. The Bertz CT molecular complexity index is 4090. The number of unbranched alkanes of at least 4 members (excludes halogenated alkanes) is 34. The van der Waals surface area contributed by atoms with Crippen molar-refractivity contribution in [1.82, 2.24) is 17.5 Å². The molecule has 0 bridgehead atoms. The third-order valence-electron chi connectivity index (χ3n) is 22.0. The first-order chi connectivity index (χ1) is 50.2. The van der Waals surface area contributed by atoms with Crippen LogP contribution in [0.5, 0.6) is 0 Å². The second-order valence-electron chi connectivity index (χ2n) is 30.4. The van der Waals surface area contributed by atoms with Crippen LogP contribution in [0.15, 0.2) is 48.5 Å². The molecule has 12 heteroatoms. The molecule has 0 aliphatic carbocycles. The molecule has 0 aliphatic heterocycles. The number of aromatic nitrogens is 4. The molecular weight excluding hydrogens is 1390 g/mol. The van der Waals surface area contributed by atoms with Crippen LogP contribution in [0.3, 0.4) is 0 Å².